The summed E-state index contributed by atoms with van der Waals surface area (Å²) in [7, 11) is -3.69. The van der Waals surface area contributed by atoms with E-state index in [1.165, 1.54) is 23.5 Å². The molecule has 0 fully saturated rings. The number of carbonyl (C=O) groups excluding carboxylic acids is 1. The molecule has 1 aromatic heterocycles. The Morgan fingerprint density at radius 3 is 2.40 bits per heavy atom. The first-order valence-corrected chi connectivity index (χ1v) is 8.27. The van der Waals surface area contributed by atoms with E-state index in [1.54, 1.807) is 18.2 Å². The summed E-state index contributed by atoms with van der Waals surface area (Å²) < 4.78 is 22.3. The van der Waals surface area contributed by atoms with Gasteiger partial charge in [-0.05, 0) is 36.1 Å². The summed E-state index contributed by atoms with van der Waals surface area (Å²) in [6.07, 6.45) is 0. The highest BCUT2D eigenvalue weighted by Crippen LogP contribution is 2.17. The average Bonchev–Trinajstić information content (AvgIpc) is 2.91. The minimum absolute atomic E-state index is 0.0537. The molecule has 1 aromatic carbocycles. The molecule has 0 aliphatic heterocycles. The van der Waals surface area contributed by atoms with Gasteiger partial charge in [0.1, 0.15) is 0 Å². The van der Waals surface area contributed by atoms with Crippen LogP contribution in [0.25, 0.3) is 0 Å². The molecule has 0 saturated heterocycles. The third-order valence-corrected chi connectivity index (χ3v) is 4.60. The molecule has 1 unspecified atom stereocenters. The van der Waals surface area contributed by atoms with E-state index in [-0.39, 0.29) is 16.8 Å². The van der Waals surface area contributed by atoms with Crippen molar-refractivity contribution in [1.29, 1.82) is 0 Å². The molecular weight excluding hydrogens is 296 g/mol. The van der Waals surface area contributed by atoms with Crippen LogP contribution in [0, 0.1) is 0 Å². The predicted octanol–water partition coefficient (Wildman–Crippen LogP) is 1.89. The molecule has 1 amide bonds. The van der Waals surface area contributed by atoms with E-state index in [2.05, 4.69) is 5.32 Å². The summed E-state index contributed by atoms with van der Waals surface area (Å²) in [6, 6.07) is 9.47. The van der Waals surface area contributed by atoms with Gasteiger partial charge in [-0.15, -0.1) is 11.3 Å². The Morgan fingerprint density at radius 2 is 1.90 bits per heavy atom. The lowest BCUT2D eigenvalue weighted by molar-refractivity contribution is 0.0944. The molecule has 3 N–H and O–H groups in total. The van der Waals surface area contributed by atoms with Crippen LogP contribution in [0.4, 0.5) is 0 Å². The van der Waals surface area contributed by atoms with Crippen LogP contribution in [0.15, 0.2) is 46.7 Å². The van der Waals surface area contributed by atoms with E-state index in [9.17, 15) is 13.2 Å². The number of benzene rings is 1. The SMILES string of the molecule is CC(NC(=O)c1cccs1)c1ccc(S(N)(=O)=O)cc1. The normalized spacial score (nSPS) is 12.9. The predicted molar refractivity (Wildman–Crippen MR) is 78.0 cm³/mol. The van der Waals surface area contributed by atoms with Crippen LogP contribution in [0.2, 0.25) is 0 Å². The van der Waals surface area contributed by atoms with Gasteiger partial charge in [0.25, 0.3) is 5.91 Å². The highest BCUT2D eigenvalue weighted by atomic mass is 32.2. The third kappa shape index (κ3) is 3.44. The zero-order valence-corrected chi connectivity index (χ0v) is 12.4. The second-order valence-electron chi connectivity index (χ2n) is 4.29. The Kier molecular flexibility index (Phi) is 4.22. The largest absolute Gasteiger partial charge is 0.345 e. The standard InChI is InChI=1S/C13H14N2O3S2/c1-9(15-13(16)12-3-2-8-19-12)10-4-6-11(7-5-10)20(14,17)18/h2-9H,1H3,(H,15,16)(H2,14,17,18). The lowest BCUT2D eigenvalue weighted by Gasteiger charge is -2.14. The zero-order valence-electron chi connectivity index (χ0n) is 10.7. The Bertz CT molecular complexity index is 692. The lowest BCUT2D eigenvalue weighted by Crippen LogP contribution is -2.25. The minimum atomic E-state index is -3.69. The van der Waals surface area contributed by atoms with Gasteiger partial charge in [-0.2, -0.15) is 0 Å². The molecule has 106 valence electrons. The van der Waals surface area contributed by atoms with Gasteiger partial charge in [-0.3, -0.25) is 4.79 Å². The number of hydrogen-bond acceptors (Lipinski definition) is 4. The van der Waals surface area contributed by atoms with E-state index >= 15 is 0 Å². The van der Waals surface area contributed by atoms with Gasteiger partial charge in [-0.1, -0.05) is 18.2 Å². The second-order valence-corrected chi connectivity index (χ2v) is 6.80. The summed E-state index contributed by atoms with van der Waals surface area (Å²) in [5, 5.41) is 9.71. The molecule has 2 aromatic rings. The molecule has 0 aliphatic rings. The van der Waals surface area contributed by atoms with E-state index in [0.717, 1.165) is 5.56 Å². The highest BCUT2D eigenvalue weighted by molar-refractivity contribution is 7.89. The van der Waals surface area contributed by atoms with Gasteiger partial charge in [0.2, 0.25) is 10.0 Å². The Hall–Kier alpha value is -1.70. The molecule has 7 heteroatoms. The second kappa shape index (κ2) is 5.74. The molecule has 0 aliphatic carbocycles. The van der Waals surface area contributed by atoms with Crippen molar-refractivity contribution >= 4 is 27.3 Å². The fourth-order valence-electron chi connectivity index (χ4n) is 1.71. The van der Waals surface area contributed by atoms with Crippen LogP contribution < -0.4 is 10.5 Å². The summed E-state index contributed by atoms with van der Waals surface area (Å²) in [6.45, 7) is 1.83. The van der Waals surface area contributed by atoms with Crippen LogP contribution in [-0.2, 0) is 10.0 Å². The van der Waals surface area contributed by atoms with Crippen molar-refractivity contribution in [2.45, 2.75) is 17.9 Å². The van der Waals surface area contributed by atoms with Crippen molar-refractivity contribution < 1.29 is 13.2 Å². The van der Waals surface area contributed by atoms with Crippen LogP contribution in [0.5, 0.6) is 0 Å². The fraction of sp³-hybridized carbons (Fsp3) is 0.154. The van der Waals surface area contributed by atoms with E-state index in [0.29, 0.717) is 4.88 Å². The van der Waals surface area contributed by atoms with E-state index < -0.39 is 10.0 Å². The first-order valence-electron chi connectivity index (χ1n) is 5.85. The maximum atomic E-state index is 11.9. The van der Waals surface area contributed by atoms with Crippen molar-refractivity contribution in [2.75, 3.05) is 0 Å². The molecule has 0 radical (unpaired) electrons. The van der Waals surface area contributed by atoms with E-state index in [4.69, 9.17) is 5.14 Å². The maximum Gasteiger partial charge on any atom is 0.261 e. The van der Waals surface area contributed by atoms with Gasteiger partial charge in [-0.25, -0.2) is 13.6 Å². The quantitative estimate of drug-likeness (QED) is 0.903. The van der Waals surface area contributed by atoms with E-state index in [1.807, 2.05) is 18.4 Å². The maximum absolute atomic E-state index is 11.9. The van der Waals surface area contributed by atoms with Crippen LogP contribution >= 0.6 is 11.3 Å². The Labute approximate surface area is 121 Å². The first-order chi connectivity index (χ1) is 9.38. The highest BCUT2D eigenvalue weighted by Gasteiger charge is 2.13. The Balaban J connectivity index is 2.10. The van der Waals surface area contributed by atoms with Crippen molar-refractivity contribution in [2.24, 2.45) is 5.14 Å². The number of carbonyl (C=O) groups is 1. The summed E-state index contributed by atoms with van der Waals surface area (Å²) in [5.41, 5.74) is 0.808. The first kappa shape index (κ1) is 14.7. The van der Waals surface area contributed by atoms with Crippen molar-refractivity contribution in [3.05, 3.63) is 52.2 Å². The number of nitrogens with two attached hydrogens (primary N) is 1. The molecule has 1 atom stereocenters. The molecule has 1 heterocycles. The smallest absolute Gasteiger partial charge is 0.261 e. The van der Waals surface area contributed by atoms with Gasteiger partial charge in [0, 0.05) is 0 Å². The summed E-state index contributed by atoms with van der Waals surface area (Å²) >= 11 is 1.37. The van der Waals surface area contributed by atoms with Crippen molar-refractivity contribution in [3.63, 3.8) is 0 Å². The van der Waals surface area contributed by atoms with Crippen LogP contribution in [0.1, 0.15) is 28.2 Å². The summed E-state index contributed by atoms with van der Waals surface area (Å²) in [5.74, 6) is -0.150. The zero-order chi connectivity index (χ0) is 14.8. The number of primary sulfonamides is 1. The Morgan fingerprint density at radius 1 is 1.25 bits per heavy atom. The fourth-order valence-corrected chi connectivity index (χ4v) is 2.85. The van der Waals surface area contributed by atoms with Gasteiger partial charge < -0.3 is 5.32 Å². The molecular formula is C13H14N2O3S2. The van der Waals surface area contributed by atoms with Crippen molar-refractivity contribution in [1.82, 2.24) is 5.32 Å². The monoisotopic (exact) mass is 310 g/mol. The minimum Gasteiger partial charge on any atom is -0.345 e. The third-order valence-electron chi connectivity index (χ3n) is 2.80. The number of thiophene rings is 1. The van der Waals surface area contributed by atoms with Gasteiger partial charge in [0.05, 0.1) is 15.8 Å². The molecule has 20 heavy (non-hydrogen) atoms. The molecule has 0 spiro atoms. The number of amides is 1. The molecule has 0 saturated carbocycles. The molecule has 2 rings (SSSR count). The number of nitrogens with one attached hydrogen (secondary N) is 1. The number of rotatable bonds is 4. The van der Waals surface area contributed by atoms with Crippen LogP contribution in [0.3, 0.4) is 0 Å². The average molecular weight is 310 g/mol. The summed E-state index contributed by atoms with van der Waals surface area (Å²) in [4.78, 5) is 12.6. The van der Waals surface area contributed by atoms with Crippen LogP contribution in [-0.4, -0.2) is 14.3 Å². The van der Waals surface area contributed by atoms with Gasteiger partial charge in [0.15, 0.2) is 0 Å². The molecule has 5 nitrogen and oxygen atoms in total. The number of hydrogen-bond donors (Lipinski definition) is 2. The number of sulfonamides is 1. The molecule has 0 bridgehead atoms. The topological polar surface area (TPSA) is 89.3 Å². The van der Waals surface area contributed by atoms with Crippen molar-refractivity contribution in [3.8, 4) is 0 Å². The lowest BCUT2D eigenvalue weighted by atomic mass is 10.1. The van der Waals surface area contributed by atoms with Gasteiger partial charge >= 0.3 is 0 Å².